The second kappa shape index (κ2) is 6.57. The first kappa shape index (κ1) is 17.3. The van der Waals surface area contributed by atoms with Crippen LogP contribution in [0.2, 0.25) is 0 Å². The molecule has 4 nitrogen and oxygen atoms in total. The van der Waals surface area contributed by atoms with Crippen molar-refractivity contribution in [3.8, 4) is 5.75 Å². The summed E-state index contributed by atoms with van der Waals surface area (Å²) in [4.78, 5) is 0. The van der Waals surface area contributed by atoms with E-state index in [4.69, 9.17) is 14.2 Å². The van der Waals surface area contributed by atoms with Crippen LogP contribution in [0.1, 0.15) is 44.2 Å². The molecule has 2 fully saturated rings. The van der Waals surface area contributed by atoms with Gasteiger partial charge in [-0.25, -0.2) is 0 Å². The molecule has 0 aromatic heterocycles. The van der Waals surface area contributed by atoms with Crippen molar-refractivity contribution in [2.45, 2.75) is 63.9 Å². The Hall–Kier alpha value is -1.10. The van der Waals surface area contributed by atoms with Crippen molar-refractivity contribution < 1.29 is 19.3 Å². The second-order valence-corrected chi connectivity index (χ2v) is 8.43. The Morgan fingerprint density at radius 1 is 1.24 bits per heavy atom. The molecule has 1 N–H and O–H groups in total. The van der Waals surface area contributed by atoms with Gasteiger partial charge in [0.1, 0.15) is 5.75 Å². The van der Waals surface area contributed by atoms with Gasteiger partial charge in [0.2, 0.25) is 0 Å². The minimum Gasteiger partial charge on any atom is -0.496 e. The summed E-state index contributed by atoms with van der Waals surface area (Å²) in [6, 6.07) is 6.37. The molecule has 5 atom stereocenters. The molecule has 2 aliphatic carbocycles. The third-order valence-electron chi connectivity index (χ3n) is 6.46. The SMILES string of the molecule is COc1cccc2c1C[C@H]1C[C@@H](O)[C@H](CC[C@@H]3COC(C)(C)O3)C1C2. The van der Waals surface area contributed by atoms with E-state index in [1.54, 1.807) is 7.11 Å². The Morgan fingerprint density at radius 2 is 2.08 bits per heavy atom. The van der Waals surface area contributed by atoms with E-state index in [0.717, 1.165) is 37.9 Å². The average Bonchev–Trinajstić information content (AvgIpc) is 3.08. The van der Waals surface area contributed by atoms with Crippen LogP contribution in [0.15, 0.2) is 18.2 Å². The van der Waals surface area contributed by atoms with E-state index in [2.05, 4.69) is 18.2 Å². The summed E-state index contributed by atoms with van der Waals surface area (Å²) < 4.78 is 17.2. The van der Waals surface area contributed by atoms with Crippen molar-refractivity contribution in [1.29, 1.82) is 0 Å². The lowest BCUT2D eigenvalue weighted by Gasteiger charge is -2.32. The Kier molecular flexibility index (Phi) is 4.55. The summed E-state index contributed by atoms with van der Waals surface area (Å²) in [5.74, 6) is 2.07. The van der Waals surface area contributed by atoms with Gasteiger partial charge in [-0.3, -0.25) is 0 Å². The maximum atomic E-state index is 10.7. The number of benzene rings is 1. The molecule has 0 bridgehead atoms. The molecule has 4 heteroatoms. The van der Waals surface area contributed by atoms with Crippen molar-refractivity contribution in [2.24, 2.45) is 17.8 Å². The number of rotatable bonds is 4. The van der Waals surface area contributed by atoms with Crippen LogP contribution >= 0.6 is 0 Å². The highest BCUT2D eigenvalue weighted by Gasteiger charge is 2.45. The number of hydrogen-bond acceptors (Lipinski definition) is 4. The van der Waals surface area contributed by atoms with Crippen molar-refractivity contribution in [3.63, 3.8) is 0 Å². The number of aliphatic hydroxyl groups excluding tert-OH is 1. The minimum atomic E-state index is -0.457. The number of methoxy groups -OCH3 is 1. The molecule has 1 saturated heterocycles. The fraction of sp³-hybridized carbons (Fsp3) is 0.714. The Bertz CT molecular complexity index is 626. The quantitative estimate of drug-likeness (QED) is 0.908. The third kappa shape index (κ3) is 3.32. The fourth-order valence-electron chi connectivity index (χ4n) is 5.28. The Morgan fingerprint density at radius 3 is 2.80 bits per heavy atom. The zero-order valence-electron chi connectivity index (χ0n) is 15.5. The van der Waals surface area contributed by atoms with E-state index in [9.17, 15) is 5.11 Å². The predicted molar refractivity (Wildman–Crippen MR) is 95.6 cm³/mol. The fourth-order valence-corrected chi connectivity index (χ4v) is 5.28. The molecule has 1 aliphatic heterocycles. The molecule has 25 heavy (non-hydrogen) atoms. The summed E-state index contributed by atoms with van der Waals surface area (Å²) in [6.07, 6.45) is 4.98. The molecule has 0 amide bonds. The Labute approximate surface area is 150 Å². The van der Waals surface area contributed by atoms with Gasteiger partial charge in [-0.1, -0.05) is 12.1 Å². The number of ether oxygens (including phenoxy) is 3. The largest absolute Gasteiger partial charge is 0.496 e. The topological polar surface area (TPSA) is 47.9 Å². The van der Waals surface area contributed by atoms with Crippen LogP contribution < -0.4 is 4.74 Å². The lowest BCUT2D eigenvalue weighted by molar-refractivity contribution is -0.139. The minimum absolute atomic E-state index is 0.164. The molecule has 0 radical (unpaired) electrons. The number of hydrogen-bond donors (Lipinski definition) is 1. The molecule has 138 valence electrons. The van der Waals surface area contributed by atoms with Crippen LogP contribution in [0.4, 0.5) is 0 Å². The van der Waals surface area contributed by atoms with Gasteiger partial charge >= 0.3 is 0 Å². The third-order valence-corrected chi connectivity index (χ3v) is 6.46. The molecular formula is C21H30O4. The predicted octanol–water partition coefficient (Wildman–Crippen LogP) is 3.34. The first-order valence-electron chi connectivity index (χ1n) is 9.61. The summed E-state index contributed by atoms with van der Waals surface area (Å²) in [5, 5.41) is 10.7. The first-order valence-corrected chi connectivity index (χ1v) is 9.61. The molecule has 4 rings (SSSR count). The monoisotopic (exact) mass is 346 g/mol. The molecule has 1 heterocycles. The van der Waals surface area contributed by atoms with Crippen LogP contribution in [0.3, 0.4) is 0 Å². The summed E-state index contributed by atoms with van der Waals surface area (Å²) in [6.45, 7) is 4.61. The van der Waals surface area contributed by atoms with E-state index in [0.29, 0.717) is 24.4 Å². The molecular weight excluding hydrogens is 316 g/mol. The van der Waals surface area contributed by atoms with Crippen LogP contribution in [0.5, 0.6) is 5.75 Å². The summed E-state index contributed by atoms with van der Waals surface area (Å²) in [5.41, 5.74) is 2.76. The lowest BCUT2D eigenvalue weighted by Crippen LogP contribution is -2.28. The maximum absolute atomic E-state index is 10.7. The van der Waals surface area contributed by atoms with Crippen molar-refractivity contribution in [2.75, 3.05) is 13.7 Å². The highest BCUT2D eigenvalue weighted by Crippen LogP contribution is 2.48. The van der Waals surface area contributed by atoms with Gasteiger partial charge in [-0.05, 0) is 80.9 Å². The maximum Gasteiger partial charge on any atom is 0.163 e. The van der Waals surface area contributed by atoms with Gasteiger partial charge < -0.3 is 19.3 Å². The first-order chi connectivity index (χ1) is 12.0. The van der Waals surface area contributed by atoms with E-state index in [-0.39, 0.29) is 12.2 Å². The van der Waals surface area contributed by atoms with Gasteiger partial charge in [0.25, 0.3) is 0 Å². The van der Waals surface area contributed by atoms with Crippen molar-refractivity contribution >= 4 is 0 Å². The van der Waals surface area contributed by atoms with Gasteiger partial charge in [-0.2, -0.15) is 0 Å². The molecule has 1 aromatic carbocycles. The van der Waals surface area contributed by atoms with E-state index in [1.165, 1.54) is 11.1 Å². The van der Waals surface area contributed by atoms with Crippen LogP contribution in [-0.4, -0.2) is 36.8 Å². The van der Waals surface area contributed by atoms with E-state index < -0.39 is 5.79 Å². The zero-order valence-corrected chi connectivity index (χ0v) is 15.5. The molecule has 1 unspecified atom stereocenters. The number of fused-ring (bicyclic) bond motifs is 2. The highest BCUT2D eigenvalue weighted by atomic mass is 16.7. The molecule has 3 aliphatic rings. The van der Waals surface area contributed by atoms with E-state index >= 15 is 0 Å². The normalized spacial score (nSPS) is 36.1. The zero-order chi connectivity index (χ0) is 17.6. The van der Waals surface area contributed by atoms with Gasteiger partial charge in [0, 0.05) is 0 Å². The van der Waals surface area contributed by atoms with Crippen LogP contribution in [-0.2, 0) is 22.3 Å². The van der Waals surface area contributed by atoms with Gasteiger partial charge in [0.15, 0.2) is 5.79 Å². The molecule has 1 saturated carbocycles. The van der Waals surface area contributed by atoms with E-state index in [1.807, 2.05) is 13.8 Å². The summed E-state index contributed by atoms with van der Waals surface area (Å²) in [7, 11) is 1.75. The van der Waals surface area contributed by atoms with Crippen molar-refractivity contribution in [3.05, 3.63) is 29.3 Å². The smallest absolute Gasteiger partial charge is 0.163 e. The average molecular weight is 346 g/mol. The highest BCUT2D eigenvalue weighted by molar-refractivity contribution is 5.43. The second-order valence-electron chi connectivity index (χ2n) is 8.43. The molecule has 1 aromatic rings. The Balaban J connectivity index is 1.44. The van der Waals surface area contributed by atoms with Crippen LogP contribution in [0.25, 0.3) is 0 Å². The lowest BCUT2D eigenvalue weighted by atomic mass is 9.73. The number of aliphatic hydroxyl groups is 1. The standard InChI is InChI=1S/C21H30O4/c1-21(2)24-12-15(25-21)7-8-16-17-9-13-5-4-6-20(23-3)18(13)10-14(17)11-19(16)22/h4-6,14-17,19,22H,7-12H2,1-3H3/t14-,15+,16+,17?,19+/m0/s1. The molecule has 0 spiro atoms. The van der Waals surface area contributed by atoms with Gasteiger partial charge in [-0.15, -0.1) is 0 Å². The summed E-state index contributed by atoms with van der Waals surface area (Å²) >= 11 is 0. The van der Waals surface area contributed by atoms with Crippen LogP contribution in [0, 0.1) is 17.8 Å². The van der Waals surface area contributed by atoms with Crippen molar-refractivity contribution in [1.82, 2.24) is 0 Å². The van der Waals surface area contributed by atoms with Gasteiger partial charge in [0.05, 0.1) is 25.9 Å².